The van der Waals surface area contributed by atoms with E-state index in [9.17, 15) is 19.8 Å². The Morgan fingerprint density at radius 1 is 1.00 bits per heavy atom. The summed E-state index contributed by atoms with van der Waals surface area (Å²) in [5.41, 5.74) is -0.187. The maximum Gasteiger partial charge on any atom is 0.337 e. The highest BCUT2D eigenvalue weighted by Crippen LogP contribution is 2.42. The molecule has 0 saturated carbocycles. The van der Waals surface area contributed by atoms with Crippen LogP contribution in [0.1, 0.15) is 34.6 Å². The molecule has 1 rings (SSSR count). The van der Waals surface area contributed by atoms with Crippen molar-refractivity contribution in [1.82, 2.24) is 5.32 Å². The number of hydrogen-bond donors (Lipinski definition) is 3. The minimum absolute atomic E-state index is 0.00309. The molecule has 1 amide bonds. The highest BCUT2D eigenvalue weighted by molar-refractivity contribution is 9.15. The topological polar surface area (TPSA) is 86.6 Å². The summed E-state index contributed by atoms with van der Waals surface area (Å²) in [6, 6.07) is -0.470. The van der Waals surface area contributed by atoms with Crippen molar-refractivity contribution in [3.8, 4) is 0 Å². The number of rotatable bonds is 5. The first-order valence-electron chi connectivity index (χ1n) is 6.14. The Bertz CT molecular complexity index is 619. The number of carbonyl (C=O) groups excluding carboxylic acids is 1. The van der Waals surface area contributed by atoms with Gasteiger partial charge >= 0.3 is 5.97 Å². The van der Waals surface area contributed by atoms with Gasteiger partial charge in [0, 0.05) is 17.9 Å². The van der Waals surface area contributed by atoms with E-state index in [1.165, 1.54) is 0 Å². The molecule has 5 nitrogen and oxygen atoms in total. The van der Waals surface area contributed by atoms with E-state index in [0.717, 1.165) is 0 Å². The average Bonchev–Trinajstić information content (AvgIpc) is 2.44. The van der Waals surface area contributed by atoms with E-state index >= 15 is 0 Å². The van der Waals surface area contributed by atoms with Gasteiger partial charge in [-0.1, -0.05) is 13.8 Å². The molecule has 0 saturated heterocycles. The van der Waals surface area contributed by atoms with Crippen molar-refractivity contribution in [1.29, 1.82) is 0 Å². The summed E-state index contributed by atoms with van der Waals surface area (Å²) in [6.07, 6.45) is 0. The molecule has 1 unspecified atom stereocenters. The van der Waals surface area contributed by atoms with Crippen LogP contribution in [0.15, 0.2) is 17.9 Å². The Balaban J connectivity index is 3.46. The monoisotopic (exact) mass is 563 g/mol. The molecule has 0 aliphatic rings. The minimum Gasteiger partial charge on any atom is -0.478 e. The van der Waals surface area contributed by atoms with Gasteiger partial charge in [0.25, 0.3) is 5.91 Å². The number of benzene rings is 1. The van der Waals surface area contributed by atoms with Crippen LogP contribution in [0.4, 0.5) is 0 Å². The van der Waals surface area contributed by atoms with Crippen LogP contribution in [-0.2, 0) is 0 Å². The first-order valence-corrected chi connectivity index (χ1v) is 9.31. The maximum absolute atomic E-state index is 12.5. The van der Waals surface area contributed by atoms with Gasteiger partial charge in [0.15, 0.2) is 0 Å². The van der Waals surface area contributed by atoms with Crippen LogP contribution in [0.5, 0.6) is 0 Å². The molecule has 1 aromatic carbocycles. The fourth-order valence-electron chi connectivity index (χ4n) is 1.71. The molecule has 122 valence electrons. The smallest absolute Gasteiger partial charge is 0.337 e. The Morgan fingerprint density at radius 3 is 1.82 bits per heavy atom. The summed E-state index contributed by atoms with van der Waals surface area (Å²) in [7, 11) is 0. The molecule has 9 heteroatoms. The van der Waals surface area contributed by atoms with E-state index in [1.54, 1.807) is 0 Å². The summed E-state index contributed by atoms with van der Waals surface area (Å²) < 4.78 is 1.57. The lowest BCUT2D eigenvalue weighted by Crippen LogP contribution is -2.41. The number of carboxylic acids is 1. The Kier molecular flexibility index (Phi) is 7.51. The van der Waals surface area contributed by atoms with Crippen LogP contribution < -0.4 is 5.32 Å². The lowest BCUT2D eigenvalue weighted by atomic mass is 10.0. The van der Waals surface area contributed by atoms with Crippen LogP contribution in [0.25, 0.3) is 0 Å². The molecular formula is C13H13Br4NO4. The number of carboxylic acid groups (broad SMARTS) is 1. The highest BCUT2D eigenvalue weighted by Gasteiger charge is 2.29. The lowest BCUT2D eigenvalue weighted by Gasteiger charge is -2.22. The first kappa shape index (κ1) is 20.1. The number of aromatic carboxylic acids is 1. The normalized spacial score (nSPS) is 12.4. The van der Waals surface area contributed by atoms with E-state index in [2.05, 4.69) is 69.0 Å². The van der Waals surface area contributed by atoms with Crippen molar-refractivity contribution in [3.63, 3.8) is 0 Å². The Labute approximate surface area is 161 Å². The van der Waals surface area contributed by atoms with Gasteiger partial charge in [0.2, 0.25) is 0 Å². The third-order valence-electron chi connectivity index (χ3n) is 3.03. The molecule has 22 heavy (non-hydrogen) atoms. The molecule has 0 aliphatic heterocycles. The highest BCUT2D eigenvalue weighted by atomic mass is 79.9. The zero-order valence-corrected chi connectivity index (χ0v) is 17.9. The van der Waals surface area contributed by atoms with Crippen molar-refractivity contribution in [2.45, 2.75) is 19.9 Å². The molecule has 0 spiro atoms. The molecule has 0 heterocycles. The quantitative estimate of drug-likeness (QED) is 0.369. The van der Waals surface area contributed by atoms with E-state index in [-0.39, 0.29) is 28.1 Å². The van der Waals surface area contributed by atoms with Crippen LogP contribution in [-0.4, -0.2) is 34.7 Å². The summed E-state index contributed by atoms with van der Waals surface area (Å²) in [4.78, 5) is 24.0. The van der Waals surface area contributed by atoms with Crippen LogP contribution in [0.3, 0.4) is 0 Å². The number of amides is 1. The van der Waals surface area contributed by atoms with Crippen LogP contribution >= 0.6 is 63.7 Å². The summed E-state index contributed by atoms with van der Waals surface area (Å²) in [5, 5.41) is 21.4. The predicted molar refractivity (Wildman–Crippen MR) is 97.4 cm³/mol. The number of hydrogen-bond acceptors (Lipinski definition) is 3. The lowest BCUT2D eigenvalue weighted by molar-refractivity contribution is 0.0688. The number of carbonyl (C=O) groups is 2. The van der Waals surface area contributed by atoms with Gasteiger partial charge in [-0.15, -0.1) is 0 Å². The zero-order chi connectivity index (χ0) is 17.2. The number of aliphatic hydroxyl groups is 1. The van der Waals surface area contributed by atoms with Crippen LogP contribution in [0.2, 0.25) is 0 Å². The van der Waals surface area contributed by atoms with Crippen molar-refractivity contribution in [2.75, 3.05) is 6.61 Å². The van der Waals surface area contributed by atoms with Gasteiger partial charge in [-0.25, -0.2) is 4.79 Å². The molecule has 1 atom stereocenters. The standard InChI is InChI=1S/C13H13Br4NO4/c1-4(2)5(3-19)18-12(20)6-7(13(21)22)9(15)11(17)10(16)8(6)14/h4-5,19H,3H2,1-2H3,(H,18,20)(H,21,22). The second-order valence-corrected chi connectivity index (χ2v) is 7.99. The van der Waals surface area contributed by atoms with Gasteiger partial charge in [-0.05, 0) is 69.6 Å². The molecule has 0 radical (unpaired) electrons. The number of nitrogens with one attached hydrogen (secondary N) is 1. The zero-order valence-electron chi connectivity index (χ0n) is 11.6. The predicted octanol–water partition coefficient (Wildman–Crippen LogP) is 4.18. The second-order valence-electron chi connectivity index (χ2n) is 4.82. The fourth-order valence-corrected chi connectivity index (χ4v) is 4.18. The van der Waals surface area contributed by atoms with Crippen LogP contribution in [0, 0.1) is 5.92 Å². The molecule has 3 N–H and O–H groups in total. The summed E-state index contributed by atoms with van der Waals surface area (Å²) in [5.74, 6) is -1.81. The number of halogens is 4. The third-order valence-corrected chi connectivity index (χ3v) is 7.79. The van der Waals surface area contributed by atoms with E-state index in [0.29, 0.717) is 13.4 Å². The van der Waals surface area contributed by atoms with E-state index in [1.807, 2.05) is 13.8 Å². The van der Waals surface area contributed by atoms with Crippen molar-refractivity contribution in [3.05, 3.63) is 29.0 Å². The number of aliphatic hydroxyl groups excluding tert-OH is 1. The van der Waals surface area contributed by atoms with Gasteiger partial charge in [0.1, 0.15) is 0 Å². The van der Waals surface area contributed by atoms with Gasteiger partial charge in [-0.3, -0.25) is 4.79 Å². The molecule has 0 aromatic heterocycles. The molecule has 0 bridgehead atoms. The maximum atomic E-state index is 12.5. The van der Waals surface area contributed by atoms with E-state index in [4.69, 9.17) is 0 Å². The van der Waals surface area contributed by atoms with Gasteiger partial charge < -0.3 is 15.5 Å². The Morgan fingerprint density at radius 2 is 1.45 bits per heavy atom. The fraction of sp³-hybridized carbons (Fsp3) is 0.385. The van der Waals surface area contributed by atoms with E-state index < -0.39 is 17.9 Å². The molecular weight excluding hydrogens is 554 g/mol. The van der Waals surface area contributed by atoms with Crippen molar-refractivity contribution < 1.29 is 19.8 Å². The largest absolute Gasteiger partial charge is 0.478 e. The van der Waals surface area contributed by atoms with Gasteiger partial charge in [0.05, 0.1) is 23.8 Å². The molecule has 0 aliphatic carbocycles. The second kappa shape index (κ2) is 8.23. The van der Waals surface area contributed by atoms with Crippen molar-refractivity contribution in [2.24, 2.45) is 5.92 Å². The van der Waals surface area contributed by atoms with Gasteiger partial charge in [-0.2, -0.15) is 0 Å². The van der Waals surface area contributed by atoms with Crippen molar-refractivity contribution >= 4 is 75.6 Å². The third kappa shape index (κ3) is 4.11. The molecule has 0 fully saturated rings. The first-order chi connectivity index (χ1) is 10.1. The summed E-state index contributed by atoms with van der Waals surface area (Å²) in [6.45, 7) is 3.46. The average molecular weight is 567 g/mol. The molecule has 1 aromatic rings. The SMILES string of the molecule is CC(C)C(CO)NC(=O)c1c(Br)c(Br)c(Br)c(Br)c1C(=O)O. The summed E-state index contributed by atoms with van der Waals surface area (Å²) >= 11 is 13.0. The minimum atomic E-state index is -1.24. The Hall–Kier alpha value is 0.0400.